The van der Waals surface area contributed by atoms with Crippen LogP contribution in [0.3, 0.4) is 0 Å². The highest BCUT2D eigenvalue weighted by atomic mass is 19.4. The van der Waals surface area contributed by atoms with Gasteiger partial charge in [-0.3, -0.25) is 4.68 Å². The lowest BCUT2D eigenvalue weighted by Gasteiger charge is -2.34. The first-order valence-electron chi connectivity index (χ1n) is 8.32. The van der Waals surface area contributed by atoms with E-state index < -0.39 is 18.2 Å². The van der Waals surface area contributed by atoms with Crippen molar-refractivity contribution in [3.63, 3.8) is 0 Å². The van der Waals surface area contributed by atoms with E-state index in [1.165, 1.54) is 0 Å². The van der Waals surface area contributed by atoms with Crippen molar-refractivity contribution in [2.45, 2.75) is 57.9 Å². The summed E-state index contributed by atoms with van der Waals surface area (Å²) in [5.74, 6) is -0.644. The Balaban J connectivity index is 1.56. The second kappa shape index (κ2) is 8.15. The average molecular weight is 333 g/mol. The van der Waals surface area contributed by atoms with Crippen LogP contribution in [0.2, 0.25) is 0 Å². The molecule has 1 aliphatic rings. The fourth-order valence-electron chi connectivity index (χ4n) is 3.13. The molecule has 0 aromatic carbocycles. The molecule has 0 saturated carbocycles. The molecular formula is C16H26F3N3O. The van der Waals surface area contributed by atoms with E-state index in [0.717, 1.165) is 37.9 Å². The number of aliphatic hydroxyl groups excluding tert-OH is 1. The molecule has 1 aliphatic heterocycles. The van der Waals surface area contributed by atoms with Crippen LogP contribution in [0.15, 0.2) is 12.4 Å². The zero-order chi connectivity index (χ0) is 16.9. The van der Waals surface area contributed by atoms with Crippen LogP contribution in [0.25, 0.3) is 0 Å². The summed E-state index contributed by atoms with van der Waals surface area (Å²) in [7, 11) is 0. The Hall–Kier alpha value is -1.08. The number of halogens is 3. The topological polar surface area (TPSA) is 41.3 Å². The Labute approximate surface area is 135 Å². The molecule has 1 saturated heterocycles. The third-order valence-corrected chi connectivity index (χ3v) is 4.54. The van der Waals surface area contributed by atoms with Crippen molar-refractivity contribution in [1.82, 2.24) is 14.7 Å². The largest absolute Gasteiger partial charge is 0.414 e. The number of rotatable bonds is 7. The van der Waals surface area contributed by atoms with Crippen LogP contribution < -0.4 is 0 Å². The predicted octanol–water partition coefficient (Wildman–Crippen LogP) is 3.00. The van der Waals surface area contributed by atoms with Gasteiger partial charge in [0, 0.05) is 12.7 Å². The van der Waals surface area contributed by atoms with Crippen molar-refractivity contribution in [2.24, 2.45) is 5.92 Å². The maximum absolute atomic E-state index is 12.5. The summed E-state index contributed by atoms with van der Waals surface area (Å²) in [5.41, 5.74) is 1.16. The molecule has 1 aromatic rings. The van der Waals surface area contributed by atoms with E-state index in [9.17, 15) is 18.3 Å². The Morgan fingerprint density at radius 3 is 2.43 bits per heavy atom. The molecule has 0 radical (unpaired) electrons. The van der Waals surface area contributed by atoms with Gasteiger partial charge < -0.3 is 10.0 Å². The van der Waals surface area contributed by atoms with Crippen molar-refractivity contribution in [3.05, 3.63) is 18.0 Å². The molecule has 2 heterocycles. The fourth-order valence-corrected chi connectivity index (χ4v) is 3.13. The molecule has 0 bridgehead atoms. The Morgan fingerprint density at radius 2 is 1.87 bits per heavy atom. The number of hydrogen-bond donors (Lipinski definition) is 1. The highest BCUT2D eigenvalue weighted by molar-refractivity contribution is 4.99. The number of aryl methyl sites for hydroxylation is 2. The maximum atomic E-state index is 12.5. The van der Waals surface area contributed by atoms with Gasteiger partial charge in [-0.25, -0.2) is 0 Å². The number of likely N-dealkylation sites (tertiary alicyclic amines) is 1. The van der Waals surface area contributed by atoms with Gasteiger partial charge >= 0.3 is 6.18 Å². The summed E-state index contributed by atoms with van der Waals surface area (Å²) < 4.78 is 39.4. The zero-order valence-electron chi connectivity index (χ0n) is 13.6. The van der Waals surface area contributed by atoms with E-state index >= 15 is 0 Å². The molecular weight excluding hydrogens is 307 g/mol. The Kier molecular flexibility index (Phi) is 6.47. The van der Waals surface area contributed by atoms with Crippen molar-refractivity contribution in [3.8, 4) is 0 Å². The first kappa shape index (κ1) is 18.3. The van der Waals surface area contributed by atoms with E-state index in [-0.39, 0.29) is 0 Å². The molecule has 23 heavy (non-hydrogen) atoms. The van der Waals surface area contributed by atoms with E-state index in [4.69, 9.17) is 0 Å². The number of hydrogen-bond acceptors (Lipinski definition) is 3. The predicted molar refractivity (Wildman–Crippen MR) is 82.0 cm³/mol. The van der Waals surface area contributed by atoms with Crippen LogP contribution in [-0.4, -0.2) is 51.7 Å². The minimum Gasteiger partial charge on any atom is -0.383 e. The molecule has 1 fully saturated rings. The smallest absolute Gasteiger partial charge is 0.383 e. The summed E-state index contributed by atoms with van der Waals surface area (Å²) in [4.78, 5) is 2.21. The van der Waals surface area contributed by atoms with E-state index in [1.807, 2.05) is 24.0 Å². The summed E-state index contributed by atoms with van der Waals surface area (Å²) in [6.07, 6.45) is 1.26. The second-order valence-electron chi connectivity index (χ2n) is 6.51. The standard InChI is InChI=1S/C16H26F3N3O/c1-13-11-20-22(12-13)8-4-2-3-7-21-9-5-14(6-10-21)15(23)16(17,18)19/h11-12,14-15,23H,2-10H2,1H3. The van der Waals surface area contributed by atoms with Gasteiger partial charge in [0.1, 0.15) is 0 Å². The van der Waals surface area contributed by atoms with Gasteiger partial charge in [-0.1, -0.05) is 6.42 Å². The SMILES string of the molecule is Cc1cnn(CCCCCN2CCC(C(O)C(F)(F)F)CC2)c1. The van der Waals surface area contributed by atoms with Crippen LogP contribution in [0.1, 0.15) is 37.7 Å². The number of unbranched alkanes of at least 4 members (excludes halogenated alkanes) is 2. The minimum absolute atomic E-state index is 0.424. The molecule has 0 spiro atoms. The van der Waals surface area contributed by atoms with E-state index in [2.05, 4.69) is 10.00 Å². The minimum atomic E-state index is -4.49. The number of aliphatic hydroxyl groups is 1. The first-order valence-corrected chi connectivity index (χ1v) is 8.32. The summed E-state index contributed by atoms with van der Waals surface area (Å²) in [6.45, 7) is 5.15. The lowest BCUT2D eigenvalue weighted by Crippen LogP contribution is -2.43. The molecule has 1 atom stereocenters. The second-order valence-corrected chi connectivity index (χ2v) is 6.51. The Morgan fingerprint density at radius 1 is 1.22 bits per heavy atom. The summed E-state index contributed by atoms with van der Waals surface area (Å²) in [6, 6.07) is 0. The van der Waals surface area contributed by atoms with Crippen molar-refractivity contribution in [2.75, 3.05) is 19.6 Å². The van der Waals surface area contributed by atoms with Crippen LogP contribution in [-0.2, 0) is 6.54 Å². The summed E-state index contributed by atoms with van der Waals surface area (Å²) >= 11 is 0. The average Bonchev–Trinajstić information content (AvgIpc) is 2.91. The van der Waals surface area contributed by atoms with Gasteiger partial charge in [-0.15, -0.1) is 0 Å². The van der Waals surface area contributed by atoms with Gasteiger partial charge in [-0.05, 0) is 63.7 Å². The molecule has 2 rings (SSSR count). The van der Waals surface area contributed by atoms with Crippen LogP contribution in [0, 0.1) is 12.8 Å². The molecule has 1 N–H and O–H groups in total. The monoisotopic (exact) mass is 333 g/mol. The Bertz CT molecular complexity index is 467. The van der Waals surface area contributed by atoms with E-state index in [1.54, 1.807) is 0 Å². The quantitative estimate of drug-likeness (QED) is 0.780. The third kappa shape index (κ3) is 5.80. The normalized spacial score (nSPS) is 19.2. The molecule has 0 aliphatic carbocycles. The van der Waals surface area contributed by atoms with Crippen molar-refractivity contribution >= 4 is 0 Å². The van der Waals surface area contributed by atoms with Crippen molar-refractivity contribution in [1.29, 1.82) is 0 Å². The number of aromatic nitrogens is 2. The molecule has 132 valence electrons. The lowest BCUT2D eigenvalue weighted by atomic mass is 9.91. The van der Waals surface area contributed by atoms with Gasteiger partial charge in [0.25, 0.3) is 0 Å². The molecule has 1 aromatic heterocycles. The number of alkyl halides is 3. The highest BCUT2D eigenvalue weighted by Gasteiger charge is 2.43. The van der Waals surface area contributed by atoms with Gasteiger partial charge in [0.05, 0.1) is 6.20 Å². The maximum Gasteiger partial charge on any atom is 0.414 e. The molecule has 0 amide bonds. The number of nitrogens with zero attached hydrogens (tertiary/aromatic N) is 3. The van der Waals surface area contributed by atoms with Gasteiger partial charge in [-0.2, -0.15) is 18.3 Å². The van der Waals surface area contributed by atoms with Crippen LogP contribution in [0.5, 0.6) is 0 Å². The van der Waals surface area contributed by atoms with Crippen molar-refractivity contribution < 1.29 is 18.3 Å². The summed E-state index contributed by atoms with van der Waals surface area (Å²) in [5, 5.41) is 13.5. The fraction of sp³-hybridized carbons (Fsp3) is 0.812. The van der Waals surface area contributed by atoms with E-state index in [0.29, 0.717) is 25.9 Å². The van der Waals surface area contributed by atoms with Gasteiger partial charge in [0.15, 0.2) is 6.10 Å². The van der Waals surface area contributed by atoms with Crippen LogP contribution >= 0.6 is 0 Å². The highest BCUT2D eigenvalue weighted by Crippen LogP contribution is 2.31. The molecule has 4 nitrogen and oxygen atoms in total. The first-order chi connectivity index (χ1) is 10.9. The molecule has 7 heteroatoms. The molecule has 1 unspecified atom stereocenters. The van der Waals surface area contributed by atoms with Gasteiger partial charge in [0.2, 0.25) is 0 Å². The number of piperidine rings is 1. The van der Waals surface area contributed by atoms with Crippen LogP contribution in [0.4, 0.5) is 13.2 Å². The lowest BCUT2D eigenvalue weighted by molar-refractivity contribution is -0.223. The third-order valence-electron chi connectivity index (χ3n) is 4.54. The zero-order valence-corrected chi connectivity index (χ0v) is 13.6.